The fourth-order valence-electron chi connectivity index (χ4n) is 5.25. The van der Waals surface area contributed by atoms with Crippen molar-refractivity contribution in [1.82, 2.24) is 15.3 Å². The Balaban J connectivity index is 1.38. The molecule has 0 bridgehead atoms. The number of aliphatic carboxylic acids is 1. The number of fused-ring (bicyclic) bond motifs is 1. The highest BCUT2D eigenvalue weighted by atomic mass is 32.2. The van der Waals surface area contributed by atoms with Gasteiger partial charge in [-0.25, -0.2) is 9.78 Å². The van der Waals surface area contributed by atoms with E-state index in [2.05, 4.69) is 20.6 Å². The van der Waals surface area contributed by atoms with Gasteiger partial charge in [0.1, 0.15) is 11.4 Å². The number of carbonyl (C=O) groups is 2. The number of hydrogen-bond donors (Lipinski definition) is 3. The molecule has 1 spiro atoms. The molecular formula is C28H30N4O4S. The number of thioether (sulfide) groups is 1. The normalized spacial score (nSPS) is 18.4. The van der Waals surface area contributed by atoms with Crippen LogP contribution in [0.25, 0.3) is 10.8 Å². The van der Waals surface area contributed by atoms with E-state index < -0.39 is 16.9 Å². The highest BCUT2D eigenvalue weighted by molar-refractivity contribution is 8.03. The molecule has 3 aromatic rings. The van der Waals surface area contributed by atoms with E-state index in [4.69, 9.17) is 4.74 Å². The summed E-state index contributed by atoms with van der Waals surface area (Å²) in [5.74, 6) is -0.116. The Labute approximate surface area is 219 Å². The monoisotopic (exact) mass is 518 g/mol. The third-order valence-electron chi connectivity index (χ3n) is 7.56. The molecule has 3 N–H and O–H groups in total. The minimum atomic E-state index is -1.24. The van der Waals surface area contributed by atoms with Crippen LogP contribution in [0.2, 0.25) is 0 Å². The van der Waals surface area contributed by atoms with Gasteiger partial charge in [-0.3, -0.25) is 9.78 Å². The van der Waals surface area contributed by atoms with Crippen molar-refractivity contribution in [2.45, 2.75) is 38.1 Å². The summed E-state index contributed by atoms with van der Waals surface area (Å²) in [6.45, 7) is 2.87. The number of allylic oxidation sites excluding steroid dienone is 2. The van der Waals surface area contributed by atoms with E-state index in [1.165, 1.54) is 11.8 Å². The summed E-state index contributed by atoms with van der Waals surface area (Å²) in [5, 5.41) is 19.1. The molecule has 1 atom stereocenters. The van der Waals surface area contributed by atoms with Gasteiger partial charge in [-0.2, -0.15) is 0 Å². The lowest BCUT2D eigenvalue weighted by Crippen LogP contribution is -2.61. The molecule has 3 heterocycles. The summed E-state index contributed by atoms with van der Waals surface area (Å²) in [5.41, 5.74) is 0.608. The molecule has 37 heavy (non-hydrogen) atoms. The van der Waals surface area contributed by atoms with Crippen molar-refractivity contribution < 1.29 is 19.4 Å². The highest BCUT2D eigenvalue weighted by Crippen LogP contribution is 2.52. The van der Waals surface area contributed by atoms with Gasteiger partial charge in [-0.05, 0) is 60.7 Å². The van der Waals surface area contributed by atoms with Crippen LogP contribution in [0, 0.1) is 5.41 Å². The lowest BCUT2D eigenvalue weighted by atomic mass is 9.65. The summed E-state index contributed by atoms with van der Waals surface area (Å²) in [6.07, 6.45) is 8.94. The minimum Gasteiger partial charge on any atom is -0.479 e. The number of carbonyl (C=O) groups excluding carboxylic acids is 1. The Morgan fingerprint density at radius 3 is 2.57 bits per heavy atom. The number of carboxylic acids is 1. The van der Waals surface area contributed by atoms with Crippen LogP contribution >= 0.6 is 11.8 Å². The average molecular weight is 519 g/mol. The van der Waals surface area contributed by atoms with Gasteiger partial charge in [-0.15, -0.1) is 11.8 Å². The molecule has 9 heteroatoms. The number of carboxylic acid groups (broad SMARTS) is 1. The van der Waals surface area contributed by atoms with Crippen LogP contribution in [-0.4, -0.2) is 51.8 Å². The molecule has 5 rings (SSSR count). The summed E-state index contributed by atoms with van der Waals surface area (Å²) < 4.78 is 5.50. The van der Waals surface area contributed by atoms with Crippen molar-refractivity contribution in [2.75, 3.05) is 24.8 Å². The van der Waals surface area contributed by atoms with Gasteiger partial charge in [-0.1, -0.05) is 19.1 Å². The van der Waals surface area contributed by atoms with E-state index >= 15 is 0 Å². The Kier molecular flexibility index (Phi) is 6.92. The van der Waals surface area contributed by atoms with Crippen LogP contribution in [0.4, 0.5) is 11.5 Å². The number of rotatable bonds is 9. The van der Waals surface area contributed by atoms with Gasteiger partial charge >= 0.3 is 5.97 Å². The van der Waals surface area contributed by atoms with E-state index in [0.29, 0.717) is 43.2 Å². The van der Waals surface area contributed by atoms with Crippen molar-refractivity contribution in [3.8, 4) is 0 Å². The van der Waals surface area contributed by atoms with Crippen molar-refractivity contribution >= 4 is 45.8 Å². The molecule has 0 amide bonds. The molecule has 0 saturated carbocycles. The number of nitrogens with zero attached hydrogens (tertiary/aromatic N) is 2. The van der Waals surface area contributed by atoms with Crippen molar-refractivity contribution in [2.24, 2.45) is 5.41 Å². The number of pyridine rings is 2. The Bertz CT molecular complexity index is 1360. The average Bonchev–Trinajstić information content (AvgIpc) is 2.93. The fourth-order valence-corrected chi connectivity index (χ4v) is 6.08. The molecule has 1 aliphatic carbocycles. The molecule has 1 aromatic carbocycles. The van der Waals surface area contributed by atoms with Crippen LogP contribution in [0.15, 0.2) is 65.6 Å². The maximum atomic E-state index is 13.0. The summed E-state index contributed by atoms with van der Waals surface area (Å²) in [6, 6.07) is 11.6. The molecule has 8 nitrogen and oxygen atoms in total. The first-order valence-electron chi connectivity index (χ1n) is 12.4. The SMILES string of the molecule is CC[C@@](Cc1ccc(Nc2nccc3ccncc23)cc1)(NC1=C(SC)C(=O)C12CCOCC2)C(=O)O. The predicted octanol–water partition coefficient (Wildman–Crippen LogP) is 4.69. The molecule has 1 aliphatic heterocycles. The third kappa shape index (κ3) is 4.46. The van der Waals surface area contributed by atoms with E-state index in [-0.39, 0.29) is 12.2 Å². The lowest BCUT2D eigenvalue weighted by molar-refractivity contribution is -0.146. The zero-order chi connectivity index (χ0) is 26.0. The van der Waals surface area contributed by atoms with Gasteiger partial charge in [0.25, 0.3) is 0 Å². The number of hydrogen-bond acceptors (Lipinski definition) is 8. The van der Waals surface area contributed by atoms with Gasteiger partial charge in [0, 0.05) is 55.0 Å². The summed E-state index contributed by atoms with van der Waals surface area (Å²) >= 11 is 1.38. The standard InChI is InChI=1S/C28H30N4O4S/c1-3-28(26(34)35,32-23-22(37-2)24(33)27(23)10-14-36-15-11-27)16-18-4-6-20(7-5-18)31-25-21-17-29-12-8-19(21)9-13-30-25/h4-9,12-13,17,32H,3,10-11,14-16H2,1-2H3,(H,30,31)(H,34,35)/t28-/m0/s1. The van der Waals surface area contributed by atoms with Crippen molar-refractivity contribution in [1.29, 1.82) is 0 Å². The predicted molar refractivity (Wildman–Crippen MR) is 145 cm³/mol. The van der Waals surface area contributed by atoms with E-state index in [1.807, 2.05) is 49.6 Å². The van der Waals surface area contributed by atoms with E-state index in [9.17, 15) is 14.7 Å². The van der Waals surface area contributed by atoms with Gasteiger partial charge in [0.2, 0.25) is 0 Å². The maximum absolute atomic E-state index is 13.0. The Morgan fingerprint density at radius 1 is 1.16 bits per heavy atom. The number of ketones is 1. The molecule has 2 aromatic heterocycles. The Morgan fingerprint density at radius 2 is 1.89 bits per heavy atom. The third-order valence-corrected chi connectivity index (χ3v) is 8.36. The summed E-state index contributed by atoms with van der Waals surface area (Å²) in [7, 11) is 0. The first-order chi connectivity index (χ1) is 17.9. The van der Waals surface area contributed by atoms with Gasteiger partial charge < -0.3 is 20.5 Å². The van der Waals surface area contributed by atoms with E-state index in [1.54, 1.807) is 18.6 Å². The fraction of sp³-hybridized carbons (Fsp3) is 0.357. The molecule has 1 fully saturated rings. The number of benzene rings is 1. The lowest BCUT2D eigenvalue weighted by Gasteiger charge is -2.49. The topological polar surface area (TPSA) is 113 Å². The molecule has 0 unspecified atom stereocenters. The second-order valence-electron chi connectivity index (χ2n) is 9.55. The number of anilines is 2. The molecule has 0 radical (unpaired) electrons. The van der Waals surface area contributed by atoms with Crippen molar-refractivity contribution in [3.05, 3.63) is 71.2 Å². The van der Waals surface area contributed by atoms with Crippen molar-refractivity contribution in [3.63, 3.8) is 0 Å². The largest absolute Gasteiger partial charge is 0.479 e. The van der Waals surface area contributed by atoms with Crippen LogP contribution in [0.5, 0.6) is 0 Å². The smallest absolute Gasteiger partial charge is 0.329 e. The molecular weight excluding hydrogens is 488 g/mol. The second kappa shape index (κ2) is 10.1. The van der Waals surface area contributed by atoms with E-state index in [0.717, 1.165) is 27.7 Å². The first-order valence-corrected chi connectivity index (χ1v) is 13.6. The highest BCUT2D eigenvalue weighted by Gasteiger charge is 2.56. The summed E-state index contributed by atoms with van der Waals surface area (Å²) in [4.78, 5) is 35.0. The Hall–Kier alpha value is -3.43. The van der Waals surface area contributed by atoms with Gasteiger partial charge in [0.05, 0.1) is 10.3 Å². The number of ether oxygens (including phenoxy) is 1. The van der Waals surface area contributed by atoms with Gasteiger partial charge in [0.15, 0.2) is 5.78 Å². The second-order valence-corrected chi connectivity index (χ2v) is 10.4. The zero-order valence-corrected chi connectivity index (χ0v) is 21.7. The number of Topliss-reactive ketones (excluding diaryl/α,β-unsaturated/α-hetero) is 1. The molecule has 1 saturated heterocycles. The zero-order valence-electron chi connectivity index (χ0n) is 20.9. The number of aromatic nitrogens is 2. The first kappa shape index (κ1) is 25.2. The molecule has 2 aliphatic rings. The van der Waals surface area contributed by atoms with Crippen LogP contribution in [0.3, 0.4) is 0 Å². The molecule has 192 valence electrons. The van der Waals surface area contributed by atoms with Crippen LogP contribution in [-0.2, 0) is 20.7 Å². The quantitative estimate of drug-likeness (QED) is 0.371. The number of nitrogens with one attached hydrogen (secondary N) is 2. The minimum absolute atomic E-state index is 0.105. The van der Waals surface area contributed by atoms with Crippen LogP contribution in [0.1, 0.15) is 31.7 Å². The van der Waals surface area contributed by atoms with Crippen LogP contribution < -0.4 is 10.6 Å². The maximum Gasteiger partial charge on any atom is 0.329 e.